The van der Waals surface area contributed by atoms with E-state index in [1.807, 2.05) is 19.1 Å². The maximum absolute atomic E-state index is 12.7. The van der Waals surface area contributed by atoms with Gasteiger partial charge in [0.2, 0.25) is 0 Å². The van der Waals surface area contributed by atoms with Gasteiger partial charge in [0.15, 0.2) is 0 Å². The molecule has 2 aromatic carbocycles. The second kappa shape index (κ2) is 4.96. The fourth-order valence-electron chi connectivity index (χ4n) is 2.37. The first kappa shape index (κ1) is 14.3. The Morgan fingerprint density at radius 2 is 1.68 bits per heavy atom. The zero-order chi connectivity index (χ0) is 15.9. The topological polar surface area (TPSA) is 82.2 Å². The van der Waals surface area contributed by atoms with Crippen molar-refractivity contribution in [3.05, 3.63) is 70.4 Å². The maximum atomic E-state index is 12.7. The third-order valence-corrected chi connectivity index (χ3v) is 5.17. The molecule has 112 valence electrons. The predicted octanol–water partition coefficient (Wildman–Crippen LogP) is 3.09. The molecule has 0 radical (unpaired) electrons. The van der Waals surface area contributed by atoms with Gasteiger partial charge in [-0.05, 0) is 30.7 Å². The summed E-state index contributed by atoms with van der Waals surface area (Å²) in [6.45, 7) is 1.84. The molecule has 6 nitrogen and oxygen atoms in total. The van der Waals surface area contributed by atoms with E-state index >= 15 is 0 Å². The first-order valence-corrected chi connectivity index (χ1v) is 7.92. The summed E-state index contributed by atoms with van der Waals surface area (Å²) in [4.78, 5) is 10.1. The van der Waals surface area contributed by atoms with E-state index in [-0.39, 0.29) is 10.6 Å². The molecule has 0 spiro atoms. The van der Waals surface area contributed by atoms with Crippen molar-refractivity contribution in [3.63, 3.8) is 0 Å². The van der Waals surface area contributed by atoms with Crippen molar-refractivity contribution in [1.82, 2.24) is 3.97 Å². The number of rotatable bonds is 3. The fraction of sp³-hybridized carbons (Fsp3) is 0.0667. The van der Waals surface area contributed by atoms with Crippen LogP contribution in [0.2, 0.25) is 0 Å². The molecule has 0 atom stereocenters. The van der Waals surface area contributed by atoms with Crippen molar-refractivity contribution in [1.29, 1.82) is 0 Å². The molecule has 1 aromatic heterocycles. The summed E-state index contributed by atoms with van der Waals surface area (Å²) in [6.07, 6.45) is 1.56. The lowest BCUT2D eigenvalue weighted by Gasteiger charge is -2.07. The predicted molar refractivity (Wildman–Crippen MR) is 82.4 cm³/mol. The lowest BCUT2D eigenvalue weighted by Crippen LogP contribution is -2.11. The molecule has 0 fully saturated rings. The first-order valence-electron chi connectivity index (χ1n) is 6.48. The Bertz CT molecular complexity index is 972. The molecule has 0 amide bonds. The van der Waals surface area contributed by atoms with Gasteiger partial charge in [0, 0.05) is 23.7 Å². The van der Waals surface area contributed by atoms with Crippen LogP contribution in [0.1, 0.15) is 5.56 Å². The summed E-state index contributed by atoms with van der Waals surface area (Å²) in [6, 6.07) is 12.1. The average Bonchev–Trinajstić information content (AvgIpc) is 2.86. The second-order valence-corrected chi connectivity index (χ2v) is 6.70. The van der Waals surface area contributed by atoms with Crippen LogP contribution in [-0.4, -0.2) is 17.3 Å². The van der Waals surface area contributed by atoms with Crippen molar-refractivity contribution in [2.45, 2.75) is 11.8 Å². The van der Waals surface area contributed by atoms with E-state index in [1.54, 1.807) is 18.3 Å². The number of non-ortho nitro benzene ring substituents is 1. The summed E-state index contributed by atoms with van der Waals surface area (Å²) in [5.41, 5.74) is 1.28. The monoisotopic (exact) mass is 316 g/mol. The van der Waals surface area contributed by atoms with E-state index in [4.69, 9.17) is 0 Å². The molecule has 0 aliphatic heterocycles. The first-order chi connectivity index (χ1) is 10.4. The Hall–Kier alpha value is -2.67. The third-order valence-electron chi connectivity index (χ3n) is 3.48. The smallest absolute Gasteiger partial charge is 0.258 e. The largest absolute Gasteiger partial charge is 0.269 e. The van der Waals surface area contributed by atoms with Crippen LogP contribution in [0.25, 0.3) is 10.9 Å². The van der Waals surface area contributed by atoms with Crippen LogP contribution in [0.3, 0.4) is 0 Å². The van der Waals surface area contributed by atoms with Gasteiger partial charge in [-0.2, -0.15) is 0 Å². The van der Waals surface area contributed by atoms with E-state index in [1.165, 1.54) is 28.2 Å². The van der Waals surface area contributed by atoms with Crippen LogP contribution in [0, 0.1) is 17.0 Å². The summed E-state index contributed by atoms with van der Waals surface area (Å²) in [7, 11) is -3.79. The van der Waals surface area contributed by atoms with Crippen molar-refractivity contribution in [3.8, 4) is 0 Å². The molecule has 0 bridgehead atoms. The van der Waals surface area contributed by atoms with Gasteiger partial charge >= 0.3 is 0 Å². The van der Waals surface area contributed by atoms with Crippen molar-refractivity contribution in [2.24, 2.45) is 0 Å². The Balaban J connectivity index is 2.18. The molecule has 0 saturated heterocycles. The highest BCUT2D eigenvalue weighted by atomic mass is 32.2. The number of aryl methyl sites for hydroxylation is 1. The molecular formula is C15H12N2O4S. The lowest BCUT2D eigenvalue weighted by molar-refractivity contribution is -0.384. The number of hydrogen-bond acceptors (Lipinski definition) is 4. The normalized spacial score (nSPS) is 11.7. The molecule has 22 heavy (non-hydrogen) atoms. The van der Waals surface area contributed by atoms with Crippen LogP contribution in [0.4, 0.5) is 5.69 Å². The Kier molecular flexibility index (Phi) is 3.22. The van der Waals surface area contributed by atoms with Crippen molar-refractivity contribution < 1.29 is 13.3 Å². The SMILES string of the molecule is Cc1cn(S(=O)(=O)c2ccc([N+](=O)[O-])cc2)c2ccccc12. The number of aromatic nitrogens is 1. The minimum absolute atomic E-state index is 0.0128. The highest BCUT2D eigenvalue weighted by Gasteiger charge is 2.20. The molecular weight excluding hydrogens is 304 g/mol. The van der Waals surface area contributed by atoms with E-state index in [2.05, 4.69) is 0 Å². The number of nitro groups is 1. The molecule has 0 N–H and O–H groups in total. The summed E-state index contributed by atoms with van der Waals surface area (Å²) in [5, 5.41) is 11.5. The highest BCUT2D eigenvalue weighted by molar-refractivity contribution is 7.90. The average molecular weight is 316 g/mol. The molecule has 0 saturated carbocycles. The minimum Gasteiger partial charge on any atom is -0.258 e. The van der Waals surface area contributed by atoms with E-state index < -0.39 is 14.9 Å². The van der Waals surface area contributed by atoms with Crippen LogP contribution in [0.15, 0.2) is 59.6 Å². The molecule has 0 aliphatic rings. The quantitative estimate of drug-likeness (QED) is 0.549. The number of benzene rings is 2. The van der Waals surface area contributed by atoms with Gasteiger partial charge < -0.3 is 0 Å². The van der Waals surface area contributed by atoms with Crippen LogP contribution < -0.4 is 0 Å². The number of nitro benzene ring substituents is 1. The van der Waals surface area contributed by atoms with Crippen molar-refractivity contribution in [2.75, 3.05) is 0 Å². The minimum atomic E-state index is -3.79. The highest BCUT2D eigenvalue weighted by Crippen LogP contribution is 2.26. The summed E-state index contributed by atoms with van der Waals surface area (Å²) < 4.78 is 26.7. The molecule has 0 unspecified atom stereocenters. The number of nitrogens with zero attached hydrogens (tertiary/aromatic N) is 2. The standard InChI is InChI=1S/C15H12N2O4S/c1-11-10-16(15-5-3-2-4-14(11)15)22(20,21)13-8-6-12(7-9-13)17(18)19/h2-10H,1H3. The third kappa shape index (κ3) is 2.15. The van der Waals surface area contributed by atoms with E-state index in [9.17, 15) is 18.5 Å². The van der Waals surface area contributed by atoms with Gasteiger partial charge in [-0.15, -0.1) is 0 Å². The van der Waals surface area contributed by atoms with Gasteiger partial charge in [-0.1, -0.05) is 18.2 Å². The van der Waals surface area contributed by atoms with Crippen LogP contribution in [0.5, 0.6) is 0 Å². The fourth-order valence-corrected chi connectivity index (χ4v) is 3.79. The molecule has 0 aliphatic carbocycles. The van der Waals surface area contributed by atoms with Gasteiger partial charge in [-0.3, -0.25) is 10.1 Å². The van der Waals surface area contributed by atoms with Gasteiger partial charge in [-0.25, -0.2) is 12.4 Å². The zero-order valence-corrected chi connectivity index (χ0v) is 12.4. The Morgan fingerprint density at radius 1 is 1.05 bits per heavy atom. The van der Waals surface area contributed by atoms with E-state index in [0.717, 1.165) is 10.9 Å². The summed E-state index contributed by atoms with van der Waals surface area (Å²) >= 11 is 0. The number of hydrogen-bond donors (Lipinski definition) is 0. The molecule has 3 rings (SSSR count). The Labute approximate surface area is 126 Å². The zero-order valence-electron chi connectivity index (χ0n) is 11.6. The Morgan fingerprint density at radius 3 is 2.32 bits per heavy atom. The van der Waals surface area contributed by atoms with Crippen LogP contribution >= 0.6 is 0 Å². The van der Waals surface area contributed by atoms with Gasteiger partial charge in [0.1, 0.15) is 0 Å². The van der Waals surface area contributed by atoms with Crippen LogP contribution in [-0.2, 0) is 10.0 Å². The molecule has 3 aromatic rings. The number of fused-ring (bicyclic) bond motifs is 1. The molecule has 1 heterocycles. The van der Waals surface area contributed by atoms with E-state index in [0.29, 0.717) is 5.52 Å². The number of para-hydroxylation sites is 1. The van der Waals surface area contributed by atoms with Crippen molar-refractivity contribution >= 4 is 26.6 Å². The maximum Gasteiger partial charge on any atom is 0.269 e. The summed E-state index contributed by atoms with van der Waals surface area (Å²) in [5.74, 6) is 0. The van der Waals surface area contributed by atoms with Gasteiger partial charge in [0.25, 0.3) is 15.7 Å². The lowest BCUT2D eigenvalue weighted by atomic mass is 10.2. The van der Waals surface area contributed by atoms with Gasteiger partial charge in [0.05, 0.1) is 15.3 Å². The second-order valence-electron chi connectivity index (χ2n) is 4.88. The molecule has 7 heteroatoms.